The molecule has 5 aliphatic carbocycles. The summed E-state index contributed by atoms with van der Waals surface area (Å²) in [6.45, 7) is 26.8. The molecule has 0 amide bonds. The number of benzene rings is 1. The van der Waals surface area contributed by atoms with Crippen molar-refractivity contribution in [3.05, 3.63) is 54.1 Å². The molecule has 4 fully saturated rings. The van der Waals surface area contributed by atoms with Gasteiger partial charge in [-0.05, 0) is 185 Å². The van der Waals surface area contributed by atoms with Crippen molar-refractivity contribution < 1.29 is 9.53 Å². The maximum Gasteiger partial charge on any atom is 0.338 e. The summed E-state index contributed by atoms with van der Waals surface area (Å²) in [5, 5.41) is 7.27. The standard InChI is InChI=1S/C44H68N2O2/c1-11-30-19-24-44(29-46-28-12-27-45-10)26-25-42(8)34(37(30)44)17-18-36-41(7)22-20-33(40(5,6)35(41)21-23-43(36,42)9)31-13-15-32(16-14-31)38(47)48-39(2,3)4/h11,13-16,20,30,34-37,45-46H,1,12,17-19,21-29H2,2-10H3/t30-,34-,35+,36-,37-,41+,42-,43-,44-/m1/s1. The second-order valence-electron chi connectivity index (χ2n) is 19.3. The first-order chi connectivity index (χ1) is 22.6. The zero-order chi connectivity index (χ0) is 34.8. The molecule has 6 rings (SSSR count). The Bertz CT molecular complexity index is 1390. The van der Waals surface area contributed by atoms with Gasteiger partial charge in [0, 0.05) is 6.54 Å². The van der Waals surface area contributed by atoms with E-state index in [1.54, 1.807) is 0 Å². The van der Waals surface area contributed by atoms with Crippen LogP contribution in [0.5, 0.6) is 0 Å². The molecule has 9 atom stereocenters. The fourth-order valence-corrected chi connectivity index (χ4v) is 13.3. The van der Waals surface area contributed by atoms with Gasteiger partial charge in [-0.3, -0.25) is 0 Å². The molecule has 0 aromatic heterocycles. The summed E-state index contributed by atoms with van der Waals surface area (Å²) < 4.78 is 5.65. The molecule has 48 heavy (non-hydrogen) atoms. The fraction of sp³-hybridized carbons (Fsp3) is 0.750. The topological polar surface area (TPSA) is 50.4 Å². The lowest BCUT2D eigenvalue weighted by molar-refractivity contribution is -0.224. The Kier molecular flexibility index (Phi) is 9.50. The van der Waals surface area contributed by atoms with Gasteiger partial charge in [0.25, 0.3) is 0 Å². The van der Waals surface area contributed by atoms with Crippen LogP contribution in [-0.4, -0.2) is 38.3 Å². The molecular weight excluding hydrogens is 588 g/mol. The van der Waals surface area contributed by atoms with Crippen molar-refractivity contribution in [2.45, 2.75) is 125 Å². The van der Waals surface area contributed by atoms with E-state index >= 15 is 0 Å². The van der Waals surface area contributed by atoms with Crippen LogP contribution in [0.15, 0.2) is 43.0 Å². The third-order valence-electron chi connectivity index (χ3n) is 15.6. The highest BCUT2D eigenvalue weighted by Gasteiger charge is 2.70. The van der Waals surface area contributed by atoms with Gasteiger partial charge < -0.3 is 15.4 Å². The summed E-state index contributed by atoms with van der Waals surface area (Å²) in [6, 6.07) is 8.26. The molecule has 4 saturated carbocycles. The smallest absolute Gasteiger partial charge is 0.338 e. The first-order valence-corrected chi connectivity index (χ1v) is 19.6. The SMILES string of the molecule is C=C[C@@H]1CC[C@]2(CNCCCNC)CC[C@]3(C)[C@H](CC[C@@H]4[C@@]5(C)CC=C(c6ccc(C(=O)OC(C)(C)C)cc6)C(C)(C)[C@@H]5CC[C@]43C)[C@@H]12. The van der Waals surface area contributed by atoms with E-state index in [9.17, 15) is 4.79 Å². The summed E-state index contributed by atoms with van der Waals surface area (Å²) in [6.07, 6.45) is 18.2. The zero-order valence-corrected chi connectivity index (χ0v) is 32.1. The Labute approximate surface area is 293 Å². The highest BCUT2D eigenvalue weighted by Crippen LogP contribution is 2.77. The largest absolute Gasteiger partial charge is 0.456 e. The van der Waals surface area contributed by atoms with Gasteiger partial charge in [0.1, 0.15) is 5.60 Å². The van der Waals surface area contributed by atoms with E-state index in [1.165, 1.54) is 75.5 Å². The minimum Gasteiger partial charge on any atom is -0.456 e. The first kappa shape index (κ1) is 35.9. The van der Waals surface area contributed by atoms with E-state index in [-0.39, 0.29) is 11.4 Å². The number of fused-ring (bicyclic) bond motifs is 7. The van der Waals surface area contributed by atoms with Crippen molar-refractivity contribution in [1.29, 1.82) is 0 Å². The van der Waals surface area contributed by atoms with Gasteiger partial charge in [-0.25, -0.2) is 4.79 Å². The minimum absolute atomic E-state index is 0.0690. The van der Waals surface area contributed by atoms with Gasteiger partial charge in [0.2, 0.25) is 0 Å². The Morgan fingerprint density at radius 1 is 0.917 bits per heavy atom. The van der Waals surface area contributed by atoms with E-state index in [2.05, 4.69) is 83.2 Å². The third-order valence-corrected chi connectivity index (χ3v) is 15.6. The minimum atomic E-state index is -0.492. The highest BCUT2D eigenvalue weighted by atomic mass is 16.6. The van der Waals surface area contributed by atoms with Crippen molar-refractivity contribution in [3.8, 4) is 0 Å². The monoisotopic (exact) mass is 657 g/mol. The Hall–Kier alpha value is -1.91. The molecule has 0 radical (unpaired) electrons. The van der Waals surface area contributed by atoms with Crippen molar-refractivity contribution in [2.24, 2.45) is 56.7 Å². The normalized spacial score (nSPS) is 40.1. The number of carbonyl (C=O) groups is 1. The molecule has 0 bridgehead atoms. The Morgan fingerprint density at radius 3 is 2.31 bits per heavy atom. The molecular formula is C44H68N2O2. The second-order valence-corrected chi connectivity index (χ2v) is 19.3. The molecule has 5 aliphatic rings. The lowest BCUT2D eigenvalue weighted by atomic mass is 9.32. The van der Waals surface area contributed by atoms with Crippen molar-refractivity contribution >= 4 is 11.5 Å². The molecule has 266 valence electrons. The molecule has 4 heteroatoms. The molecule has 0 heterocycles. The summed E-state index contributed by atoms with van der Waals surface area (Å²) >= 11 is 0. The summed E-state index contributed by atoms with van der Waals surface area (Å²) in [7, 11) is 2.06. The number of nitrogens with one attached hydrogen (secondary N) is 2. The highest BCUT2D eigenvalue weighted by molar-refractivity contribution is 5.90. The first-order valence-electron chi connectivity index (χ1n) is 19.6. The van der Waals surface area contributed by atoms with Gasteiger partial charge in [-0.2, -0.15) is 0 Å². The molecule has 0 saturated heterocycles. The summed E-state index contributed by atoms with van der Waals surface area (Å²) in [5.74, 6) is 3.38. The van der Waals surface area contributed by atoms with Gasteiger partial charge in [0.05, 0.1) is 5.56 Å². The number of carbonyl (C=O) groups excluding carboxylic acids is 1. The number of hydrogen-bond acceptors (Lipinski definition) is 4. The summed E-state index contributed by atoms with van der Waals surface area (Å²) in [4.78, 5) is 12.7. The average Bonchev–Trinajstić information content (AvgIpc) is 3.39. The zero-order valence-electron chi connectivity index (χ0n) is 32.1. The van der Waals surface area contributed by atoms with Crippen LogP contribution < -0.4 is 10.6 Å². The predicted molar refractivity (Wildman–Crippen MR) is 201 cm³/mol. The molecule has 0 unspecified atom stereocenters. The van der Waals surface area contributed by atoms with E-state index in [0.717, 1.165) is 37.3 Å². The molecule has 0 spiro atoms. The predicted octanol–water partition coefficient (Wildman–Crippen LogP) is 10.1. The van der Waals surface area contributed by atoms with E-state index in [4.69, 9.17) is 4.74 Å². The maximum atomic E-state index is 12.7. The van der Waals surface area contributed by atoms with Gasteiger partial charge in [-0.1, -0.05) is 58.9 Å². The van der Waals surface area contributed by atoms with Gasteiger partial charge in [0.15, 0.2) is 0 Å². The van der Waals surface area contributed by atoms with Crippen molar-refractivity contribution in [1.82, 2.24) is 10.6 Å². The van der Waals surface area contributed by atoms with Gasteiger partial charge in [-0.15, -0.1) is 6.58 Å². The summed E-state index contributed by atoms with van der Waals surface area (Å²) in [5.41, 5.74) is 4.41. The van der Waals surface area contributed by atoms with Crippen LogP contribution in [0.2, 0.25) is 0 Å². The van der Waals surface area contributed by atoms with Crippen molar-refractivity contribution in [3.63, 3.8) is 0 Å². The van der Waals surface area contributed by atoms with Crippen LogP contribution in [0, 0.1) is 56.7 Å². The lowest BCUT2D eigenvalue weighted by Gasteiger charge is -2.72. The Balaban J connectivity index is 1.26. The molecule has 1 aromatic rings. The number of rotatable bonds is 9. The molecule has 1 aromatic carbocycles. The number of ether oxygens (including phenoxy) is 1. The van der Waals surface area contributed by atoms with Crippen LogP contribution in [-0.2, 0) is 4.74 Å². The average molecular weight is 657 g/mol. The number of hydrogen-bond donors (Lipinski definition) is 2. The van der Waals surface area contributed by atoms with Crippen LogP contribution in [0.25, 0.3) is 5.57 Å². The van der Waals surface area contributed by atoms with Gasteiger partial charge >= 0.3 is 5.97 Å². The fourth-order valence-electron chi connectivity index (χ4n) is 13.3. The van der Waals surface area contributed by atoms with Crippen LogP contribution in [0.1, 0.15) is 136 Å². The second kappa shape index (κ2) is 12.7. The quantitative estimate of drug-likeness (QED) is 0.158. The van der Waals surface area contributed by atoms with Crippen LogP contribution >= 0.6 is 0 Å². The van der Waals surface area contributed by atoms with E-state index < -0.39 is 5.60 Å². The molecule has 0 aliphatic heterocycles. The number of allylic oxidation sites excluding steroid dienone is 3. The third kappa shape index (κ3) is 5.68. The van der Waals surface area contributed by atoms with Crippen LogP contribution in [0.3, 0.4) is 0 Å². The Morgan fingerprint density at radius 2 is 1.65 bits per heavy atom. The number of esters is 1. The molecule has 2 N–H and O–H groups in total. The maximum absolute atomic E-state index is 12.7. The van der Waals surface area contributed by atoms with E-state index in [0.29, 0.717) is 39.1 Å². The van der Waals surface area contributed by atoms with Crippen molar-refractivity contribution in [2.75, 3.05) is 26.7 Å². The molecule has 4 nitrogen and oxygen atoms in total. The lowest BCUT2D eigenvalue weighted by Crippen LogP contribution is -2.65. The van der Waals surface area contributed by atoms with Crippen LogP contribution in [0.4, 0.5) is 0 Å². The van der Waals surface area contributed by atoms with E-state index in [1.807, 2.05) is 32.9 Å².